The van der Waals surface area contributed by atoms with Crippen LogP contribution < -0.4 is 21.6 Å². The fourth-order valence-corrected chi connectivity index (χ4v) is 8.76. The topological polar surface area (TPSA) is 177 Å². The minimum atomic E-state index is -2.87. The zero-order chi connectivity index (χ0) is 42.8. The minimum Gasteiger partial charge on any atom is -0.444 e. The lowest BCUT2D eigenvalue weighted by molar-refractivity contribution is -0.135. The molecule has 3 aliphatic rings. The summed E-state index contributed by atoms with van der Waals surface area (Å²) >= 11 is 0. The summed E-state index contributed by atoms with van der Waals surface area (Å²) < 4.78 is 38.6. The molecule has 8 rings (SSSR count). The van der Waals surface area contributed by atoms with E-state index < -0.39 is 30.0 Å². The van der Waals surface area contributed by atoms with E-state index in [-0.39, 0.29) is 41.3 Å². The average molecular weight is 842 g/mol. The Labute approximate surface area is 351 Å². The summed E-state index contributed by atoms with van der Waals surface area (Å²) in [7, 11) is 5.89. The monoisotopic (exact) mass is 841 g/mol. The summed E-state index contributed by atoms with van der Waals surface area (Å²) in [4.78, 5) is 64.1. The predicted octanol–water partition coefficient (Wildman–Crippen LogP) is 5.76. The van der Waals surface area contributed by atoms with E-state index in [4.69, 9.17) is 4.42 Å². The highest BCUT2D eigenvalue weighted by Crippen LogP contribution is 2.36. The molecule has 1 atom stereocenters. The Balaban J connectivity index is 0.800. The lowest BCUT2D eigenvalue weighted by Crippen LogP contribution is -2.44. The molecule has 3 N–H and O–H groups in total. The predicted molar refractivity (Wildman–Crippen MR) is 224 cm³/mol. The van der Waals surface area contributed by atoms with Crippen LogP contribution in [0.15, 0.2) is 58.2 Å². The first-order valence-electron chi connectivity index (χ1n) is 21.2. The second-order valence-electron chi connectivity index (χ2n) is 16.9. The van der Waals surface area contributed by atoms with Gasteiger partial charge in [-0.2, -0.15) is 5.10 Å². The molecule has 5 aromatic rings. The molecule has 16 nitrogen and oxygen atoms in total. The van der Waals surface area contributed by atoms with E-state index in [2.05, 4.69) is 54.9 Å². The highest BCUT2D eigenvalue weighted by atomic mass is 19.3. The van der Waals surface area contributed by atoms with Crippen LogP contribution in [0.5, 0.6) is 0 Å². The van der Waals surface area contributed by atoms with Gasteiger partial charge in [0, 0.05) is 51.1 Å². The molecule has 1 saturated heterocycles. The third-order valence-corrected chi connectivity index (χ3v) is 12.2. The van der Waals surface area contributed by atoms with Gasteiger partial charge < -0.3 is 24.9 Å². The largest absolute Gasteiger partial charge is 0.444 e. The summed E-state index contributed by atoms with van der Waals surface area (Å²) in [6, 6.07) is 8.50. The SMILES string of the molecule is CN(CCCN(C)CC1CCC(n2cc(NC(=O)c3coc(-c4ccnc(NCC5CC5)c4)n3)c(C(F)F)n2)CC1)Cc1cccc2c1n(C)c(=O)n2C1CCC(=O)NC1=O. The lowest BCUT2D eigenvalue weighted by Gasteiger charge is -2.31. The van der Waals surface area contributed by atoms with Crippen LogP contribution in [0.25, 0.3) is 22.5 Å². The maximum atomic E-state index is 14.2. The van der Waals surface area contributed by atoms with Crippen molar-refractivity contribution < 1.29 is 27.6 Å². The van der Waals surface area contributed by atoms with Gasteiger partial charge in [-0.1, -0.05) is 12.1 Å². The highest BCUT2D eigenvalue weighted by molar-refractivity contribution is 6.03. The van der Waals surface area contributed by atoms with Crippen molar-refractivity contribution in [1.29, 1.82) is 0 Å². The molecule has 5 heterocycles. The number of carbonyl (C=O) groups is 3. The average Bonchev–Trinajstić information content (AvgIpc) is 3.64. The van der Waals surface area contributed by atoms with Crippen molar-refractivity contribution in [1.82, 2.24) is 44.0 Å². The van der Waals surface area contributed by atoms with E-state index in [1.54, 1.807) is 34.6 Å². The van der Waals surface area contributed by atoms with E-state index in [1.807, 2.05) is 18.2 Å². The van der Waals surface area contributed by atoms with E-state index in [1.165, 1.54) is 29.9 Å². The number of imide groups is 1. The first-order chi connectivity index (χ1) is 29.4. The number of fused-ring (bicyclic) bond motifs is 1. The number of amides is 3. The quantitative estimate of drug-likeness (QED) is 0.0971. The van der Waals surface area contributed by atoms with Gasteiger partial charge in [-0.25, -0.2) is 23.5 Å². The van der Waals surface area contributed by atoms with Crippen LogP contribution >= 0.6 is 0 Å². The van der Waals surface area contributed by atoms with E-state index in [0.717, 1.165) is 69.4 Å². The zero-order valence-electron chi connectivity index (χ0n) is 34.8. The first kappa shape index (κ1) is 42.0. The molecule has 324 valence electrons. The Morgan fingerprint density at radius 3 is 2.54 bits per heavy atom. The number of carbonyl (C=O) groups excluding carboxylic acids is 3. The number of alkyl halides is 2. The number of halogens is 2. The number of hydrogen-bond donors (Lipinski definition) is 3. The van der Waals surface area contributed by atoms with E-state index in [0.29, 0.717) is 41.7 Å². The van der Waals surface area contributed by atoms with Crippen molar-refractivity contribution in [3.05, 3.63) is 76.4 Å². The number of piperidine rings is 1. The molecule has 3 amide bonds. The summed E-state index contributed by atoms with van der Waals surface area (Å²) in [6.07, 6.45) is 8.74. The molecule has 1 aromatic carbocycles. The third-order valence-electron chi connectivity index (χ3n) is 12.2. The highest BCUT2D eigenvalue weighted by Gasteiger charge is 2.32. The fourth-order valence-electron chi connectivity index (χ4n) is 8.76. The molecule has 2 saturated carbocycles. The normalized spacial score (nSPS) is 19.6. The standard InChI is InChI=1S/C43H53F2N11O5/c1-52(18-5-19-53(2)23-29-6-4-7-33-38(29)54(3)43(60)56(33)34-14-15-36(57)50-41(34)59)22-27-10-12-30(13-11-27)55-24-31(37(51-55)39(44)45)48-40(58)32-25-61-42(49-32)28-16-17-46-35(20-28)47-21-26-8-9-26/h4,6-7,16-17,20,24-27,30,34,39H,5,8-15,18-19,21-23H2,1-3H3,(H,46,47)(H,48,58)(H,50,57,59). The fraction of sp³-hybridized carbons (Fsp3) is 0.512. The van der Waals surface area contributed by atoms with Gasteiger partial charge in [0.25, 0.3) is 12.3 Å². The second kappa shape index (κ2) is 18.1. The number of rotatable bonds is 17. The number of pyridine rings is 1. The molecule has 3 fully saturated rings. The Morgan fingerprint density at radius 2 is 1.79 bits per heavy atom. The number of nitrogens with one attached hydrogen (secondary N) is 3. The molecular formula is C43H53F2N11O5. The molecular weight excluding hydrogens is 789 g/mol. The maximum Gasteiger partial charge on any atom is 0.329 e. The Hall–Kier alpha value is -5.75. The van der Waals surface area contributed by atoms with Crippen LogP contribution in [-0.2, 0) is 23.2 Å². The number of anilines is 2. The Bertz CT molecular complexity index is 2450. The second-order valence-corrected chi connectivity index (χ2v) is 16.9. The molecule has 61 heavy (non-hydrogen) atoms. The number of para-hydroxylation sites is 1. The van der Waals surface area contributed by atoms with Gasteiger partial charge in [0.2, 0.25) is 17.7 Å². The summed E-state index contributed by atoms with van der Waals surface area (Å²) in [5, 5.41) is 12.5. The van der Waals surface area contributed by atoms with Gasteiger partial charge in [0.1, 0.15) is 18.1 Å². The number of nitrogens with zero attached hydrogens (tertiary/aromatic N) is 8. The lowest BCUT2D eigenvalue weighted by atomic mass is 9.86. The minimum absolute atomic E-state index is 0.0338. The molecule has 1 aliphatic heterocycles. The number of aryl methyl sites for hydroxylation is 1. The van der Waals surface area contributed by atoms with E-state index >= 15 is 0 Å². The van der Waals surface area contributed by atoms with E-state index in [9.17, 15) is 28.0 Å². The molecule has 1 unspecified atom stereocenters. The van der Waals surface area contributed by atoms with Crippen molar-refractivity contribution in [2.45, 2.75) is 82.8 Å². The molecule has 0 spiro atoms. The van der Waals surface area contributed by atoms with Crippen LogP contribution in [0.4, 0.5) is 20.3 Å². The van der Waals surface area contributed by atoms with Gasteiger partial charge in [0.05, 0.1) is 22.8 Å². The number of benzene rings is 1. The smallest absolute Gasteiger partial charge is 0.329 e. The van der Waals surface area contributed by atoms with Gasteiger partial charge >= 0.3 is 5.69 Å². The van der Waals surface area contributed by atoms with Gasteiger partial charge in [0.15, 0.2) is 11.4 Å². The molecule has 0 radical (unpaired) electrons. The van der Waals surface area contributed by atoms with Crippen LogP contribution in [0, 0.1) is 11.8 Å². The van der Waals surface area contributed by atoms with Gasteiger partial charge in [-0.3, -0.25) is 33.5 Å². The van der Waals surface area contributed by atoms with Crippen molar-refractivity contribution in [3.8, 4) is 11.5 Å². The zero-order valence-corrected chi connectivity index (χ0v) is 34.8. The number of aromatic nitrogens is 6. The molecule has 18 heteroatoms. The molecule has 4 aromatic heterocycles. The summed E-state index contributed by atoms with van der Waals surface area (Å²) in [5.41, 5.74) is 2.26. The van der Waals surface area contributed by atoms with Gasteiger partial charge in [-0.15, -0.1) is 0 Å². The number of oxazole rings is 1. The van der Waals surface area contributed by atoms with Crippen molar-refractivity contribution in [2.75, 3.05) is 50.9 Å². The third kappa shape index (κ3) is 9.59. The van der Waals surface area contributed by atoms with Gasteiger partial charge in [-0.05, 0) is 114 Å². The summed E-state index contributed by atoms with van der Waals surface area (Å²) in [5.74, 6) is 0.607. The summed E-state index contributed by atoms with van der Waals surface area (Å²) in [6.45, 7) is 4.12. The maximum absolute atomic E-state index is 14.2. The van der Waals surface area contributed by atoms with Crippen molar-refractivity contribution in [2.24, 2.45) is 18.9 Å². The van der Waals surface area contributed by atoms with Crippen LogP contribution in [0.2, 0.25) is 0 Å². The van der Waals surface area contributed by atoms with Crippen molar-refractivity contribution in [3.63, 3.8) is 0 Å². The van der Waals surface area contributed by atoms with Crippen LogP contribution in [-0.4, -0.2) is 96.7 Å². The molecule has 2 aliphatic carbocycles. The number of hydrogen-bond acceptors (Lipinski definition) is 11. The van der Waals surface area contributed by atoms with Crippen molar-refractivity contribution >= 4 is 40.3 Å². The van der Waals surface area contributed by atoms with Crippen LogP contribution in [0.3, 0.4) is 0 Å². The first-order valence-corrected chi connectivity index (χ1v) is 21.2. The number of imidazole rings is 1. The Kier molecular flexibility index (Phi) is 12.4. The molecule has 0 bridgehead atoms. The van der Waals surface area contributed by atoms with Crippen LogP contribution in [0.1, 0.15) is 98.0 Å². The Morgan fingerprint density at radius 1 is 1.02 bits per heavy atom.